The minimum absolute atomic E-state index is 0.0319. The number of hydrogen-bond donors (Lipinski definition) is 1. The van der Waals surface area contributed by atoms with Gasteiger partial charge in [0.25, 0.3) is 0 Å². The summed E-state index contributed by atoms with van der Waals surface area (Å²) < 4.78 is 10.6. The van der Waals surface area contributed by atoms with Crippen LogP contribution in [-0.2, 0) is 14.3 Å². The zero-order chi connectivity index (χ0) is 13.9. The first-order chi connectivity index (χ1) is 8.99. The lowest BCUT2D eigenvalue weighted by molar-refractivity contribution is -0.157. The van der Waals surface area contributed by atoms with Gasteiger partial charge in [-0.2, -0.15) is 0 Å². The van der Waals surface area contributed by atoms with E-state index in [1.165, 1.54) is 0 Å². The molecule has 0 amide bonds. The molecule has 0 saturated carbocycles. The van der Waals surface area contributed by atoms with Crippen LogP contribution in [0.4, 0.5) is 0 Å². The zero-order valence-corrected chi connectivity index (χ0v) is 11.8. The van der Waals surface area contributed by atoms with Crippen LogP contribution in [0, 0.1) is 0 Å². The smallest absolute Gasteiger partial charge is 0.334 e. The van der Waals surface area contributed by atoms with Crippen LogP contribution < -0.4 is 0 Å². The highest BCUT2D eigenvalue weighted by molar-refractivity contribution is 5.72. The molecule has 2 heterocycles. The van der Waals surface area contributed by atoms with Gasteiger partial charge < -0.3 is 14.6 Å². The molecule has 2 aliphatic rings. The second kappa shape index (κ2) is 6.17. The molecule has 110 valence electrons. The van der Waals surface area contributed by atoms with Crippen molar-refractivity contribution in [2.45, 2.75) is 25.5 Å². The highest BCUT2D eigenvalue weighted by atomic mass is 16.5. The molecule has 6 nitrogen and oxygen atoms in total. The fourth-order valence-electron chi connectivity index (χ4n) is 2.81. The number of carboxylic acids is 1. The van der Waals surface area contributed by atoms with Crippen molar-refractivity contribution in [2.24, 2.45) is 0 Å². The molecule has 0 aromatic rings. The second-order valence-electron chi connectivity index (χ2n) is 5.84. The van der Waals surface area contributed by atoms with E-state index in [0.29, 0.717) is 13.2 Å². The Labute approximate surface area is 114 Å². The molecule has 0 aliphatic carbocycles. The van der Waals surface area contributed by atoms with Gasteiger partial charge in [-0.25, -0.2) is 4.79 Å². The number of hydrogen-bond acceptors (Lipinski definition) is 5. The van der Waals surface area contributed by atoms with Gasteiger partial charge in [0.15, 0.2) is 6.10 Å². The third-order valence-corrected chi connectivity index (χ3v) is 3.90. The number of morpholine rings is 2. The first-order valence-electron chi connectivity index (χ1n) is 6.88. The van der Waals surface area contributed by atoms with Gasteiger partial charge >= 0.3 is 5.97 Å². The highest BCUT2D eigenvalue weighted by Gasteiger charge is 2.33. The molecule has 2 saturated heterocycles. The maximum absolute atomic E-state index is 11.0. The molecule has 0 aromatic heterocycles. The summed E-state index contributed by atoms with van der Waals surface area (Å²) in [6, 6.07) is 0. The quantitative estimate of drug-likeness (QED) is 0.770. The minimum Gasteiger partial charge on any atom is -0.479 e. The molecule has 6 heteroatoms. The van der Waals surface area contributed by atoms with Crippen LogP contribution in [0.15, 0.2) is 0 Å². The predicted molar refractivity (Wildman–Crippen MR) is 70.3 cm³/mol. The standard InChI is InChI=1S/C13H24N2O4/c1-13(2,15-4-6-18-7-5-15)10-14-3-8-19-11(9-14)12(16)17/h11H,3-10H2,1-2H3,(H,16,17). The summed E-state index contributed by atoms with van der Waals surface area (Å²) in [5.74, 6) is -0.867. The van der Waals surface area contributed by atoms with Gasteiger partial charge in [0.2, 0.25) is 0 Å². The van der Waals surface area contributed by atoms with Crippen molar-refractivity contribution in [3.63, 3.8) is 0 Å². The molecule has 19 heavy (non-hydrogen) atoms. The Morgan fingerprint density at radius 1 is 1.26 bits per heavy atom. The maximum Gasteiger partial charge on any atom is 0.334 e. The third kappa shape index (κ3) is 3.89. The highest BCUT2D eigenvalue weighted by Crippen LogP contribution is 2.19. The lowest BCUT2D eigenvalue weighted by Gasteiger charge is -2.44. The van der Waals surface area contributed by atoms with E-state index in [0.717, 1.165) is 39.4 Å². The summed E-state index contributed by atoms with van der Waals surface area (Å²) in [5.41, 5.74) is 0.0319. The number of ether oxygens (including phenoxy) is 2. The van der Waals surface area contributed by atoms with Crippen LogP contribution in [0.1, 0.15) is 13.8 Å². The van der Waals surface area contributed by atoms with Crippen molar-refractivity contribution in [3.8, 4) is 0 Å². The predicted octanol–water partition coefficient (Wildman–Crippen LogP) is -0.117. The first-order valence-corrected chi connectivity index (χ1v) is 6.88. The van der Waals surface area contributed by atoms with E-state index < -0.39 is 12.1 Å². The lowest BCUT2D eigenvalue weighted by Crippen LogP contribution is -2.58. The average molecular weight is 272 g/mol. The molecular formula is C13H24N2O4. The lowest BCUT2D eigenvalue weighted by atomic mass is 10.0. The Balaban J connectivity index is 1.89. The van der Waals surface area contributed by atoms with Crippen molar-refractivity contribution in [2.75, 3.05) is 52.5 Å². The molecule has 2 rings (SSSR count). The second-order valence-corrected chi connectivity index (χ2v) is 5.84. The summed E-state index contributed by atoms with van der Waals surface area (Å²) in [6.07, 6.45) is -0.686. The SMILES string of the molecule is CC(C)(CN1CCOC(C(=O)O)C1)N1CCOCC1. The molecule has 1 atom stereocenters. The van der Waals surface area contributed by atoms with Crippen LogP contribution in [0.5, 0.6) is 0 Å². The molecule has 0 spiro atoms. The summed E-state index contributed by atoms with van der Waals surface area (Å²) in [5, 5.41) is 9.02. The van der Waals surface area contributed by atoms with Crippen LogP contribution in [-0.4, -0.2) is 85.1 Å². The number of carbonyl (C=O) groups is 1. The zero-order valence-electron chi connectivity index (χ0n) is 11.8. The average Bonchev–Trinajstić information content (AvgIpc) is 2.39. The van der Waals surface area contributed by atoms with Gasteiger partial charge in [-0.15, -0.1) is 0 Å². The number of carboxylic acid groups (broad SMARTS) is 1. The Kier molecular flexibility index (Phi) is 4.78. The van der Waals surface area contributed by atoms with Crippen LogP contribution in [0.3, 0.4) is 0 Å². The maximum atomic E-state index is 11.0. The summed E-state index contributed by atoms with van der Waals surface area (Å²) >= 11 is 0. The van der Waals surface area contributed by atoms with Crippen molar-refractivity contribution in [1.82, 2.24) is 9.80 Å². The molecular weight excluding hydrogens is 248 g/mol. The monoisotopic (exact) mass is 272 g/mol. The Hall–Kier alpha value is -0.690. The Bertz CT molecular complexity index is 316. The van der Waals surface area contributed by atoms with Gasteiger partial charge in [0.05, 0.1) is 19.8 Å². The van der Waals surface area contributed by atoms with Gasteiger partial charge in [0, 0.05) is 38.3 Å². The molecule has 0 aromatic carbocycles. The largest absolute Gasteiger partial charge is 0.479 e. The van der Waals surface area contributed by atoms with Gasteiger partial charge in [0.1, 0.15) is 0 Å². The molecule has 0 radical (unpaired) electrons. The van der Waals surface area contributed by atoms with E-state index >= 15 is 0 Å². The number of rotatable bonds is 4. The Morgan fingerprint density at radius 2 is 1.95 bits per heavy atom. The van der Waals surface area contributed by atoms with Gasteiger partial charge in [-0.1, -0.05) is 0 Å². The van der Waals surface area contributed by atoms with E-state index in [9.17, 15) is 4.79 Å². The van der Waals surface area contributed by atoms with Crippen molar-refractivity contribution >= 4 is 5.97 Å². The molecule has 1 N–H and O–H groups in total. The third-order valence-electron chi connectivity index (χ3n) is 3.90. The summed E-state index contributed by atoms with van der Waals surface area (Å²) in [7, 11) is 0. The van der Waals surface area contributed by atoms with E-state index in [4.69, 9.17) is 14.6 Å². The van der Waals surface area contributed by atoms with E-state index in [1.54, 1.807) is 0 Å². The number of nitrogens with zero attached hydrogens (tertiary/aromatic N) is 2. The molecule has 2 fully saturated rings. The number of aliphatic carboxylic acids is 1. The van der Waals surface area contributed by atoms with Gasteiger partial charge in [-0.3, -0.25) is 9.80 Å². The van der Waals surface area contributed by atoms with E-state index in [-0.39, 0.29) is 5.54 Å². The van der Waals surface area contributed by atoms with Crippen LogP contribution >= 0.6 is 0 Å². The first kappa shape index (κ1) is 14.7. The molecule has 0 bridgehead atoms. The Morgan fingerprint density at radius 3 is 2.58 bits per heavy atom. The van der Waals surface area contributed by atoms with Crippen molar-refractivity contribution < 1.29 is 19.4 Å². The van der Waals surface area contributed by atoms with Crippen LogP contribution in [0.25, 0.3) is 0 Å². The van der Waals surface area contributed by atoms with Crippen molar-refractivity contribution in [3.05, 3.63) is 0 Å². The summed E-state index contributed by atoms with van der Waals surface area (Å²) in [6.45, 7) is 10.5. The molecule has 2 aliphatic heterocycles. The topological polar surface area (TPSA) is 62.2 Å². The molecule has 1 unspecified atom stereocenters. The fraction of sp³-hybridized carbons (Fsp3) is 0.923. The van der Waals surface area contributed by atoms with E-state index in [1.807, 2.05) is 0 Å². The minimum atomic E-state index is -0.867. The van der Waals surface area contributed by atoms with Crippen LogP contribution in [0.2, 0.25) is 0 Å². The van der Waals surface area contributed by atoms with Crippen molar-refractivity contribution in [1.29, 1.82) is 0 Å². The van der Waals surface area contributed by atoms with Gasteiger partial charge in [-0.05, 0) is 13.8 Å². The van der Waals surface area contributed by atoms with E-state index in [2.05, 4.69) is 23.6 Å². The normalized spacial score (nSPS) is 27.4. The summed E-state index contributed by atoms with van der Waals surface area (Å²) in [4.78, 5) is 15.6. The fourth-order valence-corrected chi connectivity index (χ4v) is 2.81.